The van der Waals surface area contributed by atoms with Crippen LogP contribution in [0.15, 0.2) is 24.3 Å². The van der Waals surface area contributed by atoms with Gasteiger partial charge in [-0.25, -0.2) is 4.79 Å². The lowest BCUT2D eigenvalue weighted by molar-refractivity contribution is 0.0523. The summed E-state index contributed by atoms with van der Waals surface area (Å²) in [5.74, 6) is 0. The summed E-state index contributed by atoms with van der Waals surface area (Å²) in [5, 5.41) is 9.78. The molecule has 1 aliphatic heterocycles. The number of alkyl carbamates (subject to hydrolysis) is 1. The van der Waals surface area contributed by atoms with Crippen molar-refractivity contribution >= 4 is 11.8 Å². The Bertz CT molecular complexity index is 491. The molecule has 1 saturated heterocycles. The molecule has 122 valence electrons. The number of anilines is 1. The number of hydrogen-bond donors (Lipinski definition) is 3. The van der Waals surface area contributed by atoms with Gasteiger partial charge in [0, 0.05) is 24.8 Å². The van der Waals surface area contributed by atoms with Crippen molar-refractivity contribution in [1.82, 2.24) is 10.6 Å². The fourth-order valence-electron chi connectivity index (χ4n) is 2.49. The second kappa shape index (κ2) is 7.49. The summed E-state index contributed by atoms with van der Waals surface area (Å²) in [6.45, 7) is 8.11. The molecule has 5 heteroatoms. The van der Waals surface area contributed by atoms with Crippen molar-refractivity contribution in [2.75, 3.05) is 18.4 Å². The normalized spacial score (nSPS) is 18.6. The molecule has 1 aromatic carbocycles. The number of carbonyl (C=O) groups is 1. The van der Waals surface area contributed by atoms with E-state index < -0.39 is 5.60 Å². The molecule has 0 bridgehead atoms. The highest BCUT2D eigenvalue weighted by Gasteiger charge is 2.17. The molecular weight excluding hydrogens is 278 g/mol. The zero-order valence-corrected chi connectivity index (χ0v) is 13.7. The van der Waals surface area contributed by atoms with Gasteiger partial charge in [0.15, 0.2) is 0 Å². The first-order chi connectivity index (χ1) is 10.4. The van der Waals surface area contributed by atoms with Gasteiger partial charge < -0.3 is 20.7 Å². The average molecular weight is 305 g/mol. The average Bonchev–Trinajstić information content (AvgIpc) is 2.46. The van der Waals surface area contributed by atoms with Gasteiger partial charge >= 0.3 is 6.09 Å². The van der Waals surface area contributed by atoms with Gasteiger partial charge in [0.05, 0.1) is 0 Å². The van der Waals surface area contributed by atoms with E-state index in [9.17, 15) is 4.79 Å². The smallest absolute Gasteiger partial charge is 0.407 e. The van der Waals surface area contributed by atoms with Crippen molar-refractivity contribution in [3.05, 3.63) is 29.8 Å². The van der Waals surface area contributed by atoms with Crippen molar-refractivity contribution in [2.45, 2.75) is 51.8 Å². The summed E-state index contributed by atoms with van der Waals surface area (Å²) in [5.41, 5.74) is 1.67. The Morgan fingerprint density at radius 3 is 2.82 bits per heavy atom. The Morgan fingerprint density at radius 2 is 2.14 bits per heavy atom. The predicted octanol–water partition coefficient (Wildman–Crippen LogP) is 2.88. The highest BCUT2D eigenvalue weighted by molar-refractivity contribution is 5.68. The van der Waals surface area contributed by atoms with E-state index in [0.717, 1.165) is 24.3 Å². The van der Waals surface area contributed by atoms with Crippen molar-refractivity contribution in [2.24, 2.45) is 0 Å². The van der Waals surface area contributed by atoms with Crippen molar-refractivity contribution in [3.8, 4) is 0 Å². The Balaban J connectivity index is 1.91. The Kier molecular flexibility index (Phi) is 5.66. The molecule has 1 heterocycles. The van der Waals surface area contributed by atoms with Crippen LogP contribution in [0.1, 0.15) is 39.2 Å². The van der Waals surface area contributed by atoms with Gasteiger partial charge in [-0.15, -0.1) is 0 Å². The number of amides is 1. The molecule has 5 nitrogen and oxygen atoms in total. The van der Waals surface area contributed by atoms with Crippen molar-refractivity contribution in [1.29, 1.82) is 0 Å². The molecule has 1 aromatic rings. The standard InChI is InChI=1S/C17H27N3O2/c1-17(2,3)22-16(21)19-11-13-7-4-5-9-15(13)20-14-8-6-10-18-12-14/h4-5,7,9,14,18,20H,6,8,10-12H2,1-3H3,(H,19,21). The van der Waals surface area contributed by atoms with Crippen LogP contribution in [0.2, 0.25) is 0 Å². The SMILES string of the molecule is CC(C)(C)OC(=O)NCc1ccccc1NC1CCCNC1. The van der Waals surface area contributed by atoms with E-state index in [1.807, 2.05) is 39.0 Å². The van der Waals surface area contributed by atoms with Crippen LogP contribution in [-0.2, 0) is 11.3 Å². The zero-order chi connectivity index (χ0) is 16.0. The maximum atomic E-state index is 11.8. The van der Waals surface area contributed by atoms with E-state index in [0.29, 0.717) is 12.6 Å². The Hall–Kier alpha value is -1.75. The van der Waals surface area contributed by atoms with Gasteiger partial charge in [0.25, 0.3) is 0 Å². The third kappa shape index (κ3) is 5.56. The van der Waals surface area contributed by atoms with Crippen LogP contribution < -0.4 is 16.0 Å². The first-order valence-electron chi connectivity index (χ1n) is 7.96. The third-order valence-corrected chi connectivity index (χ3v) is 3.50. The van der Waals surface area contributed by atoms with Crippen LogP contribution in [0.25, 0.3) is 0 Å². The van der Waals surface area contributed by atoms with Gasteiger partial charge in [-0.2, -0.15) is 0 Å². The zero-order valence-electron chi connectivity index (χ0n) is 13.7. The molecular formula is C17H27N3O2. The van der Waals surface area contributed by atoms with Crippen LogP contribution in [0.4, 0.5) is 10.5 Å². The van der Waals surface area contributed by atoms with E-state index in [1.165, 1.54) is 12.8 Å². The summed E-state index contributed by atoms with van der Waals surface area (Å²) in [4.78, 5) is 11.8. The number of nitrogens with one attached hydrogen (secondary N) is 3. The van der Waals surface area contributed by atoms with Crippen LogP contribution in [0.3, 0.4) is 0 Å². The molecule has 1 amide bonds. The maximum absolute atomic E-state index is 11.8. The first kappa shape index (κ1) is 16.6. The summed E-state index contributed by atoms with van der Waals surface area (Å²) >= 11 is 0. The Morgan fingerprint density at radius 1 is 1.36 bits per heavy atom. The number of ether oxygens (including phenoxy) is 1. The first-order valence-corrected chi connectivity index (χ1v) is 7.96. The number of carbonyl (C=O) groups excluding carboxylic acids is 1. The molecule has 1 fully saturated rings. The number of para-hydroxylation sites is 1. The van der Waals surface area contributed by atoms with Crippen LogP contribution in [0, 0.1) is 0 Å². The van der Waals surface area contributed by atoms with Gasteiger partial charge in [-0.3, -0.25) is 0 Å². The van der Waals surface area contributed by atoms with Crippen LogP contribution in [-0.4, -0.2) is 30.8 Å². The van der Waals surface area contributed by atoms with Gasteiger partial charge in [0.1, 0.15) is 5.60 Å². The van der Waals surface area contributed by atoms with E-state index >= 15 is 0 Å². The van der Waals surface area contributed by atoms with Gasteiger partial charge in [0.2, 0.25) is 0 Å². The lowest BCUT2D eigenvalue weighted by atomic mass is 10.1. The number of benzene rings is 1. The molecule has 22 heavy (non-hydrogen) atoms. The molecule has 1 atom stereocenters. The number of piperidine rings is 1. The summed E-state index contributed by atoms with van der Waals surface area (Å²) in [7, 11) is 0. The molecule has 3 N–H and O–H groups in total. The van der Waals surface area contributed by atoms with E-state index in [2.05, 4.69) is 22.0 Å². The summed E-state index contributed by atoms with van der Waals surface area (Å²) < 4.78 is 5.27. The van der Waals surface area contributed by atoms with E-state index in [-0.39, 0.29) is 6.09 Å². The molecule has 0 radical (unpaired) electrons. The minimum absolute atomic E-state index is 0.387. The quantitative estimate of drug-likeness (QED) is 0.800. The fourth-order valence-corrected chi connectivity index (χ4v) is 2.49. The number of rotatable bonds is 4. The Labute approximate surface area is 132 Å². The predicted molar refractivity (Wildman–Crippen MR) is 89.0 cm³/mol. The lowest BCUT2D eigenvalue weighted by Crippen LogP contribution is -2.38. The van der Waals surface area contributed by atoms with Gasteiger partial charge in [-0.05, 0) is 51.8 Å². The van der Waals surface area contributed by atoms with Crippen molar-refractivity contribution in [3.63, 3.8) is 0 Å². The second-order valence-electron chi connectivity index (χ2n) is 6.70. The molecule has 0 aromatic heterocycles. The largest absolute Gasteiger partial charge is 0.444 e. The highest BCUT2D eigenvalue weighted by atomic mass is 16.6. The maximum Gasteiger partial charge on any atom is 0.407 e. The molecule has 0 saturated carbocycles. The van der Waals surface area contributed by atoms with Gasteiger partial charge in [-0.1, -0.05) is 18.2 Å². The molecule has 2 rings (SSSR count). The molecule has 0 spiro atoms. The van der Waals surface area contributed by atoms with Crippen LogP contribution in [0.5, 0.6) is 0 Å². The lowest BCUT2D eigenvalue weighted by Gasteiger charge is -2.26. The molecule has 1 aliphatic rings. The fraction of sp³-hybridized carbons (Fsp3) is 0.588. The third-order valence-electron chi connectivity index (χ3n) is 3.50. The van der Waals surface area contributed by atoms with E-state index in [1.54, 1.807) is 0 Å². The highest BCUT2D eigenvalue weighted by Crippen LogP contribution is 2.18. The topological polar surface area (TPSA) is 62.4 Å². The molecule has 1 unspecified atom stereocenters. The second-order valence-corrected chi connectivity index (χ2v) is 6.70. The summed E-state index contributed by atoms with van der Waals surface area (Å²) in [6.07, 6.45) is 1.97. The van der Waals surface area contributed by atoms with E-state index in [4.69, 9.17) is 4.74 Å². The minimum atomic E-state index is -0.477. The monoisotopic (exact) mass is 305 g/mol. The summed E-state index contributed by atoms with van der Waals surface area (Å²) in [6, 6.07) is 8.51. The van der Waals surface area contributed by atoms with Crippen LogP contribution >= 0.6 is 0 Å². The molecule has 0 aliphatic carbocycles. The number of hydrogen-bond acceptors (Lipinski definition) is 4. The minimum Gasteiger partial charge on any atom is -0.444 e. The van der Waals surface area contributed by atoms with Crippen molar-refractivity contribution < 1.29 is 9.53 Å².